The third-order valence-corrected chi connectivity index (χ3v) is 8.14. The maximum Gasteiger partial charge on any atom is 0.122 e. The molecule has 0 saturated carbocycles. The molecular weight excluding hydrogens is 517 g/mol. The molecule has 1 aliphatic rings. The molecule has 0 amide bonds. The van der Waals surface area contributed by atoms with Gasteiger partial charge < -0.3 is 9.47 Å². The fourth-order valence-corrected chi connectivity index (χ4v) is 6.25. The molecule has 0 atom stereocenters. The SMILES string of the molecule is CC(C)c1cc(C2(c3ccc(OCCS)c(C(C)C)c3)c3ccccc3-c3ccccc32)ccc1OCCS. The minimum absolute atomic E-state index is 0.312. The van der Waals surface area contributed by atoms with Gasteiger partial charge >= 0.3 is 0 Å². The molecule has 0 bridgehead atoms. The van der Waals surface area contributed by atoms with Gasteiger partial charge in [0, 0.05) is 11.5 Å². The maximum absolute atomic E-state index is 6.15. The summed E-state index contributed by atoms with van der Waals surface area (Å²) < 4.78 is 12.3. The van der Waals surface area contributed by atoms with E-state index in [2.05, 4.69) is 138 Å². The summed E-state index contributed by atoms with van der Waals surface area (Å²) in [5.74, 6) is 3.87. The van der Waals surface area contributed by atoms with E-state index in [1.807, 2.05) is 0 Å². The Balaban J connectivity index is 1.84. The molecular formula is C35H38O2S2. The lowest BCUT2D eigenvalue weighted by Gasteiger charge is -2.35. The number of rotatable bonds is 10. The quantitative estimate of drug-likeness (QED) is 0.168. The summed E-state index contributed by atoms with van der Waals surface area (Å²) >= 11 is 8.74. The molecule has 202 valence electrons. The Hall–Kier alpha value is -2.82. The Kier molecular flexibility index (Phi) is 8.35. The highest BCUT2D eigenvalue weighted by Crippen LogP contribution is 2.57. The van der Waals surface area contributed by atoms with Crippen LogP contribution < -0.4 is 9.47 Å². The Bertz CT molecular complexity index is 1350. The van der Waals surface area contributed by atoms with Gasteiger partial charge in [0.1, 0.15) is 11.5 Å². The van der Waals surface area contributed by atoms with Crippen LogP contribution in [0, 0.1) is 0 Å². The molecule has 0 radical (unpaired) electrons. The van der Waals surface area contributed by atoms with Crippen LogP contribution in [0.15, 0.2) is 84.9 Å². The van der Waals surface area contributed by atoms with Crippen molar-refractivity contribution < 1.29 is 9.47 Å². The van der Waals surface area contributed by atoms with Crippen LogP contribution in [0.3, 0.4) is 0 Å². The fourth-order valence-electron chi connectivity index (χ4n) is 6.06. The van der Waals surface area contributed by atoms with E-state index in [1.165, 1.54) is 44.5 Å². The predicted octanol–water partition coefficient (Wildman–Crippen LogP) is 8.91. The van der Waals surface area contributed by atoms with E-state index < -0.39 is 5.41 Å². The van der Waals surface area contributed by atoms with Crippen LogP contribution in [0.4, 0.5) is 0 Å². The summed E-state index contributed by atoms with van der Waals surface area (Å²) in [4.78, 5) is 0. The summed E-state index contributed by atoms with van der Waals surface area (Å²) in [6, 6.07) is 31.3. The average molecular weight is 555 g/mol. The van der Waals surface area contributed by atoms with E-state index >= 15 is 0 Å². The highest BCUT2D eigenvalue weighted by Gasteiger charge is 2.46. The zero-order valence-electron chi connectivity index (χ0n) is 23.3. The highest BCUT2D eigenvalue weighted by atomic mass is 32.1. The van der Waals surface area contributed by atoms with Crippen molar-refractivity contribution in [1.29, 1.82) is 0 Å². The molecule has 2 nitrogen and oxygen atoms in total. The van der Waals surface area contributed by atoms with Gasteiger partial charge in [0.15, 0.2) is 0 Å². The number of ether oxygens (including phenoxy) is 2. The molecule has 0 spiro atoms. The van der Waals surface area contributed by atoms with Crippen LogP contribution in [0.2, 0.25) is 0 Å². The van der Waals surface area contributed by atoms with Crippen LogP contribution in [0.1, 0.15) is 72.9 Å². The molecule has 1 aliphatic carbocycles. The third-order valence-electron chi connectivity index (χ3n) is 7.78. The van der Waals surface area contributed by atoms with Crippen molar-refractivity contribution in [3.05, 3.63) is 118 Å². The Morgan fingerprint density at radius 3 is 1.38 bits per heavy atom. The highest BCUT2D eigenvalue weighted by molar-refractivity contribution is 7.80. The molecule has 0 saturated heterocycles. The molecule has 4 heteroatoms. The van der Waals surface area contributed by atoms with Gasteiger partial charge in [-0.3, -0.25) is 0 Å². The number of benzene rings is 4. The second kappa shape index (κ2) is 11.7. The minimum Gasteiger partial charge on any atom is -0.492 e. The lowest BCUT2D eigenvalue weighted by Crippen LogP contribution is -2.29. The molecule has 4 aromatic carbocycles. The largest absolute Gasteiger partial charge is 0.492 e. The van der Waals surface area contributed by atoms with Crippen LogP contribution in [-0.2, 0) is 5.41 Å². The monoisotopic (exact) mass is 554 g/mol. The summed E-state index contributed by atoms with van der Waals surface area (Å²) in [7, 11) is 0. The van der Waals surface area contributed by atoms with Gasteiger partial charge in [-0.05, 0) is 68.5 Å². The fraction of sp³-hybridized carbons (Fsp3) is 0.314. The summed E-state index contributed by atoms with van der Waals surface area (Å²) in [6.07, 6.45) is 0. The first-order chi connectivity index (χ1) is 18.9. The lowest BCUT2D eigenvalue weighted by molar-refractivity contribution is 0.339. The molecule has 0 aliphatic heterocycles. The predicted molar refractivity (Wildman–Crippen MR) is 171 cm³/mol. The van der Waals surface area contributed by atoms with Crippen molar-refractivity contribution in [2.45, 2.75) is 44.9 Å². The first-order valence-electron chi connectivity index (χ1n) is 13.9. The zero-order chi connectivity index (χ0) is 27.6. The van der Waals surface area contributed by atoms with Crippen LogP contribution >= 0.6 is 25.3 Å². The van der Waals surface area contributed by atoms with Gasteiger partial charge in [0.05, 0.1) is 18.6 Å². The van der Waals surface area contributed by atoms with E-state index in [1.54, 1.807) is 0 Å². The lowest BCUT2D eigenvalue weighted by atomic mass is 9.66. The van der Waals surface area contributed by atoms with E-state index in [0.717, 1.165) is 11.5 Å². The number of hydrogen-bond donors (Lipinski definition) is 2. The van der Waals surface area contributed by atoms with Crippen molar-refractivity contribution in [2.24, 2.45) is 0 Å². The van der Waals surface area contributed by atoms with Crippen molar-refractivity contribution in [3.8, 4) is 22.6 Å². The number of fused-ring (bicyclic) bond motifs is 3. The minimum atomic E-state index is -0.468. The number of thiol groups is 2. The molecule has 0 aromatic heterocycles. The van der Waals surface area contributed by atoms with Crippen molar-refractivity contribution in [3.63, 3.8) is 0 Å². The van der Waals surface area contributed by atoms with Gasteiger partial charge in [-0.1, -0.05) is 100 Å². The molecule has 39 heavy (non-hydrogen) atoms. The van der Waals surface area contributed by atoms with Gasteiger partial charge in [-0.2, -0.15) is 25.3 Å². The zero-order valence-corrected chi connectivity index (χ0v) is 25.1. The number of hydrogen-bond acceptors (Lipinski definition) is 4. The second-order valence-electron chi connectivity index (χ2n) is 10.8. The Morgan fingerprint density at radius 1 is 0.590 bits per heavy atom. The molecule has 4 aromatic rings. The van der Waals surface area contributed by atoms with Crippen LogP contribution in [-0.4, -0.2) is 24.7 Å². The second-order valence-corrected chi connectivity index (χ2v) is 11.7. The van der Waals surface area contributed by atoms with Gasteiger partial charge in [0.2, 0.25) is 0 Å². The van der Waals surface area contributed by atoms with E-state index in [9.17, 15) is 0 Å². The first-order valence-corrected chi connectivity index (χ1v) is 15.2. The van der Waals surface area contributed by atoms with Crippen LogP contribution in [0.25, 0.3) is 11.1 Å². The Morgan fingerprint density at radius 2 is 1.00 bits per heavy atom. The van der Waals surface area contributed by atoms with E-state index in [-0.39, 0.29) is 0 Å². The average Bonchev–Trinajstić information content (AvgIpc) is 3.26. The summed E-state index contributed by atoms with van der Waals surface area (Å²) in [5.41, 5.74) is 9.66. The smallest absolute Gasteiger partial charge is 0.122 e. The van der Waals surface area contributed by atoms with Gasteiger partial charge in [-0.25, -0.2) is 0 Å². The van der Waals surface area contributed by atoms with Crippen LogP contribution in [0.5, 0.6) is 11.5 Å². The van der Waals surface area contributed by atoms with E-state index in [0.29, 0.717) is 36.6 Å². The summed E-state index contributed by atoms with van der Waals surface area (Å²) in [6.45, 7) is 10.1. The van der Waals surface area contributed by atoms with Crippen molar-refractivity contribution >= 4 is 25.3 Å². The van der Waals surface area contributed by atoms with Crippen molar-refractivity contribution in [1.82, 2.24) is 0 Å². The maximum atomic E-state index is 6.15. The molecule has 0 heterocycles. The molecule has 0 fully saturated rings. The molecule has 0 unspecified atom stereocenters. The van der Waals surface area contributed by atoms with Gasteiger partial charge in [0.25, 0.3) is 0 Å². The standard InChI is InChI=1S/C35H38O2S2/c1-23(2)29-21-25(13-15-33(29)36-17-19-38)35(26-14-16-34(37-18-20-39)30(22-26)24(3)4)31-11-7-5-9-27(31)28-10-6-8-12-32(28)35/h5-16,21-24,38-39H,17-20H2,1-4H3. The van der Waals surface area contributed by atoms with E-state index in [4.69, 9.17) is 9.47 Å². The molecule has 0 N–H and O–H groups in total. The third kappa shape index (κ3) is 4.87. The molecule has 5 rings (SSSR count). The summed E-state index contributed by atoms with van der Waals surface area (Å²) in [5, 5.41) is 0. The normalized spacial score (nSPS) is 13.4. The van der Waals surface area contributed by atoms with Gasteiger partial charge in [-0.15, -0.1) is 0 Å². The Labute approximate surface area is 244 Å². The van der Waals surface area contributed by atoms with Crippen molar-refractivity contribution in [2.75, 3.05) is 24.7 Å². The topological polar surface area (TPSA) is 18.5 Å². The first kappa shape index (κ1) is 27.7.